The first-order valence-corrected chi connectivity index (χ1v) is 9.73. The molecule has 0 amide bonds. The van der Waals surface area contributed by atoms with E-state index in [1.54, 1.807) is 7.11 Å². The average Bonchev–Trinajstić information content (AvgIpc) is 3.17. The monoisotopic (exact) mass is 444 g/mol. The van der Waals surface area contributed by atoms with Crippen LogP contribution < -0.4 is 4.74 Å². The van der Waals surface area contributed by atoms with E-state index in [1.165, 1.54) is 16.7 Å². The predicted molar refractivity (Wildman–Crippen MR) is 106 cm³/mol. The lowest BCUT2D eigenvalue weighted by molar-refractivity contribution is -0.192. The zero-order valence-electron chi connectivity index (χ0n) is 17.7. The van der Waals surface area contributed by atoms with Crippen LogP contribution in [0.1, 0.15) is 41.3 Å². The van der Waals surface area contributed by atoms with Crippen LogP contribution in [0.25, 0.3) is 0 Å². The normalized spacial score (nSPS) is 15.3. The van der Waals surface area contributed by atoms with Gasteiger partial charge in [0.25, 0.3) is 0 Å². The summed E-state index contributed by atoms with van der Waals surface area (Å²) < 4.78 is 39.2. The Balaban J connectivity index is 0.000000423. The maximum Gasteiger partial charge on any atom is 0.490 e. The highest BCUT2D eigenvalue weighted by Gasteiger charge is 2.38. The number of halogens is 3. The van der Waals surface area contributed by atoms with E-state index in [-0.39, 0.29) is 6.61 Å². The van der Waals surface area contributed by atoms with Gasteiger partial charge in [-0.3, -0.25) is 4.90 Å². The number of carboxylic acid groups (broad SMARTS) is 1. The van der Waals surface area contributed by atoms with Crippen LogP contribution >= 0.6 is 0 Å². The van der Waals surface area contributed by atoms with Crippen molar-refractivity contribution in [1.29, 1.82) is 0 Å². The van der Waals surface area contributed by atoms with E-state index >= 15 is 0 Å². The first-order chi connectivity index (χ1) is 14.5. The van der Waals surface area contributed by atoms with Gasteiger partial charge in [0.15, 0.2) is 0 Å². The number of aliphatic carboxylic acids is 1. The Hall–Kier alpha value is -2.66. The number of aromatic nitrogens is 3. The average molecular weight is 444 g/mol. The molecule has 1 aromatic carbocycles. The fourth-order valence-electron chi connectivity index (χ4n) is 3.60. The third-order valence-electron chi connectivity index (χ3n) is 4.99. The Bertz CT molecular complexity index is 878. The molecule has 0 bridgehead atoms. The summed E-state index contributed by atoms with van der Waals surface area (Å²) in [6.45, 7) is 7.14. The van der Waals surface area contributed by atoms with Crippen LogP contribution in [0.4, 0.5) is 13.2 Å². The first-order valence-electron chi connectivity index (χ1n) is 9.73. The molecule has 2 N–H and O–H groups in total. The molecule has 31 heavy (non-hydrogen) atoms. The second kappa shape index (κ2) is 10.6. The molecule has 1 saturated heterocycles. The van der Waals surface area contributed by atoms with Crippen molar-refractivity contribution < 1.29 is 32.9 Å². The van der Waals surface area contributed by atoms with Gasteiger partial charge in [-0.2, -0.15) is 13.2 Å². The van der Waals surface area contributed by atoms with E-state index in [0.717, 1.165) is 38.2 Å². The van der Waals surface area contributed by atoms with Crippen molar-refractivity contribution in [3.63, 3.8) is 0 Å². The van der Waals surface area contributed by atoms with Crippen LogP contribution in [-0.4, -0.2) is 62.5 Å². The van der Waals surface area contributed by atoms with Gasteiger partial charge in [0.2, 0.25) is 0 Å². The molecule has 2 heterocycles. The largest absolute Gasteiger partial charge is 0.496 e. The lowest BCUT2D eigenvalue weighted by Crippen LogP contribution is -2.34. The standard InChI is InChI=1S/C18H26N4O2.C2HF3O2/c1-13-8-14(2)18(24-3)15(9-13)10-21-6-4-17(5-7-21)22-11-16(12-23)19-20-22;3-2(4,5)1(6)7/h8-9,11,17,23H,4-7,10,12H2,1-3H3;(H,6,7). The molecule has 172 valence electrons. The number of aryl methyl sites for hydroxylation is 2. The summed E-state index contributed by atoms with van der Waals surface area (Å²) in [5.41, 5.74) is 4.37. The molecule has 0 unspecified atom stereocenters. The van der Waals surface area contributed by atoms with E-state index in [4.69, 9.17) is 19.7 Å². The fraction of sp³-hybridized carbons (Fsp3) is 0.550. The molecule has 8 nitrogen and oxygen atoms in total. The number of piperidine rings is 1. The smallest absolute Gasteiger partial charge is 0.490 e. The zero-order chi connectivity index (χ0) is 23.2. The Morgan fingerprint density at radius 3 is 2.35 bits per heavy atom. The van der Waals surface area contributed by atoms with Crippen LogP contribution in [0, 0.1) is 13.8 Å². The molecule has 1 aliphatic heterocycles. The summed E-state index contributed by atoms with van der Waals surface area (Å²) in [5, 5.41) is 24.3. The highest BCUT2D eigenvalue weighted by Crippen LogP contribution is 2.29. The summed E-state index contributed by atoms with van der Waals surface area (Å²) in [5.74, 6) is -1.75. The Kier molecular flexibility index (Phi) is 8.40. The van der Waals surface area contributed by atoms with Gasteiger partial charge in [0, 0.05) is 25.2 Å². The second-order valence-corrected chi connectivity index (χ2v) is 7.43. The van der Waals surface area contributed by atoms with E-state index < -0.39 is 12.1 Å². The molecule has 0 atom stereocenters. The number of aliphatic hydroxyl groups excluding tert-OH is 1. The molecular weight excluding hydrogens is 417 g/mol. The van der Waals surface area contributed by atoms with Crippen molar-refractivity contribution in [2.45, 2.75) is 52.1 Å². The maximum atomic E-state index is 10.6. The van der Waals surface area contributed by atoms with Crippen LogP contribution in [0.3, 0.4) is 0 Å². The van der Waals surface area contributed by atoms with Gasteiger partial charge in [-0.25, -0.2) is 9.48 Å². The third-order valence-corrected chi connectivity index (χ3v) is 4.99. The number of aliphatic hydroxyl groups is 1. The van der Waals surface area contributed by atoms with Crippen LogP contribution in [0.15, 0.2) is 18.3 Å². The number of nitrogens with zero attached hydrogens (tertiary/aromatic N) is 4. The van der Waals surface area contributed by atoms with E-state index in [1.807, 2.05) is 10.9 Å². The van der Waals surface area contributed by atoms with Gasteiger partial charge in [-0.15, -0.1) is 5.10 Å². The second-order valence-electron chi connectivity index (χ2n) is 7.43. The first kappa shape index (κ1) is 24.6. The third kappa shape index (κ3) is 6.93. The molecule has 1 aromatic heterocycles. The predicted octanol–water partition coefficient (Wildman–Crippen LogP) is 2.87. The minimum absolute atomic E-state index is 0.0502. The molecule has 3 rings (SSSR count). The molecule has 0 saturated carbocycles. The number of carbonyl (C=O) groups is 1. The summed E-state index contributed by atoms with van der Waals surface area (Å²) in [4.78, 5) is 11.4. The number of ether oxygens (including phenoxy) is 1. The molecule has 1 fully saturated rings. The quantitative estimate of drug-likeness (QED) is 0.731. The molecule has 11 heteroatoms. The Morgan fingerprint density at radius 1 is 1.26 bits per heavy atom. The number of likely N-dealkylation sites (tertiary alicyclic amines) is 1. The maximum absolute atomic E-state index is 10.6. The number of carboxylic acids is 1. The lowest BCUT2D eigenvalue weighted by Gasteiger charge is -2.32. The van der Waals surface area contributed by atoms with Crippen molar-refractivity contribution >= 4 is 5.97 Å². The van der Waals surface area contributed by atoms with Gasteiger partial charge < -0.3 is 14.9 Å². The van der Waals surface area contributed by atoms with Gasteiger partial charge in [-0.1, -0.05) is 22.9 Å². The summed E-state index contributed by atoms with van der Waals surface area (Å²) in [7, 11) is 1.75. The summed E-state index contributed by atoms with van der Waals surface area (Å²) in [6, 6.07) is 4.76. The number of rotatable bonds is 5. The molecule has 1 aliphatic rings. The fourth-order valence-corrected chi connectivity index (χ4v) is 3.60. The number of benzene rings is 1. The van der Waals surface area contributed by atoms with Crippen molar-refractivity contribution in [3.05, 3.63) is 40.7 Å². The molecule has 0 radical (unpaired) electrons. The number of hydrogen-bond donors (Lipinski definition) is 2. The highest BCUT2D eigenvalue weighted by atomic mass is 19.4. The topological polar surface area (TPSA) is 101 Å². The Labute approximate surface area is 178 Å². The minimum Gasteiger partial charge on any atom is -0.496 e. The van der Waals surface area contributed by atoms with Crippen molar-refractivity contribution in [3.8, 4) is 5.75 Å². The summed E-state index contributed by atoms with van der Waals surface area (Å²) in [6.07, 6.45) is -1.14. The minimum atomic E-state index is -5.08. The molecule has 0 spiro atoms. The van der Waals surface area contributed by atoms with E-state index in [2.05, 4.69) is 41.2 Å². The number of alkyl halides is 3. The van der Waals surface area contributed by atoms with Crippen LogP contribution in [0.5, 0.6) is 5.75 Å². The van der Waals surface area contributed by atoms with Gasteiger partial charge in [-0.05, 0) is 32.3 Å². The van der Waals surface area contributed by atoms with E-state index in [9.17, 15) is 13.2 Å². The summed E-state index contributed by atoms with van der Waals surface area (Å²) >= 11 is 0. The van der Waals surface area contributed by atoms with Crippen molar-refractivity contribution in [2.24, 2.45) is 0 Å². The van der Waals surface area contributed by atoms with Crippen molar-refractivity contribution in [2.75, 3.05) is 20.2 Å². The molecular formula is C20H27F3N4O4. The van der Waals surface area contributed by atoms with Crippen molar-refractivity contribution in [1.82, 2.24) is 19.9 Å². The zero-order valence-corrected chi connectivity index (χ0v) is 17.7. The van der Waals surface area contributed by atoms with Gasteiger partial charge >= 0.3 is 12.1 Å². The highest BCUT2D eigenvalue weighted by molar-refractivity contribution is 5.73. The van der Waals surface area contributed by atoms with Gasteiger partial charge in [0.1, 0.15) is 11.4 Å². The van der Waals surface area contributed by atoms with Gasteiger partial charge in [0.05, 0.1) is 26.0 Å². The Morgan fingerprint density at radius 2 is 1.87 bits per heavy atom. The molecule has 0 aliphatic carbocycles. The van der Waals surface area contributed by atoms with E-state index in [0.29, 0.717) is 11.7 Å². The number of methoxy groups -OCH3 is 1. The number of hydrogen-bond acceptors (Lipinski definition) is 6. The van der Waals surface area contributed by atoms with Crippen LogP contribution in [-0.2, 0) is 17.9 Å². The van der Waals surface area contributed by atoms with Crippen LogP contribution in [0.2, 0.25) is 0 Å². The SMILES string of the molecule is COc1c(C)cc(C)cc1CN1CCC(n2cc(CO)nn2)CC1.O=C(O)C(F)(F)F. The lowest BCUT2D eigenvalue weighted by atomic mass is 10.0. The molecule has 2 aromatic rings.